The van der Waals surface area contributed by atoms with E-state index in [4.69, 9.17) is 14.5 Å². The van der Waals surface area contributed by atoms with Crippen molar-refractivity contribution in [2.24, 2.45) is 0 Å². The number of carbonyl (C=O) groups excluding carboxylic acids is 2. The van der Waals surface area contributed by atoms with E-state index in [0.29, 0.717) is 30.8 Å². The molecule has 1 saturated heterocycles. The molecule has 218 valence electrons. The highest BCUT2D eigenvalue weighted by atomic mass is 16.6. The minimum Gasteiger partial charge on any atom is -0.465 e. The molecule has 0 radical (unpaired) electrons. The molecular weight excluding hydrogens is 528 g/mol. The van der Waals surface area contributed by atoms with Gasteiger partial charge in [0.05, 0.1) is 35.3 Å². The van der Waals surface area contributed by atoms with Crippen molar-refractivity contribution in [1.82, 2.24) is 14.5 Å². The lowest BCUT2D eigenvalue weighted by atomic mass is 9.88. The van der Waals surface area contributed by atoms with Crippen molar-refractivity contribution < 1.29 is 19.1 Å². The Hall–Kier alpha value is -4.38. The van der Waals surface area contributed by atoms with Gasteiger partial charge in [-0.15, -0.1) is 0 Å². The van der Waals surface area contributed by atoms with E-state index in [0.717, 1.165) is 51.6 Å². The van der Waals surface area contributed by atoms with Crippen molar-refractivity contribution in [1.29, 1.82) is 5.26 Å². The summed E-state index contributed by atoms with van der Waals surface area (Å²) in [5.74, 6) is 0.745. The minimum absolute atomic E-state index is 0.105. The molecule has 8 heteroatoms. The first-order valence-electron chi connectivity index (χ1n) is 14.5. The van der Waals surface area contributed by atoms with E-state index in [1.807, 2.05) is 63.2 Å². The number of esters is 1. The number of ether oxygens (including phenoxy) is 2. The Morgan fingerprint density at radius 3 is 2.38 bits per heavy atom. The van der Waals surface area contributed by atoms with Crippen molar-refractivity contribution in [3.63, 3.8) is 0 Å². The zero-order valence-corrected chi connectivity index (χ0v) is 25.2. The third kappa shape index (κ3) is 5.69. The van der Waals surface area contributed by atoms with E-state index in [2.05, 4.69) is 30.6 Å². The van der Waals surface area contributed by atoms with E-state index in [1.54, 1.807) is 4.90 Å². The van der Waals surface area contributed by atoms with Crippen molar-refractivity contribution in [3.05, 3.63) is 76.6 Å². The van der Waals surface area contributed by atoms with Gasteiger partial charge in [-0.05, 0) is 79.6 Å². The Morgan fingerprint density at radius 2 is 1.76 bits per heavy atom. The number of rotatable bonds is 5. The summed E-state index contributed by atoms with van der Waals surface area (Å²) < 4.78 is 13.0. The molecule has 8 nitrogen and oxygen atoms in total. The average Bonchev–Trinajstić information content (AvgIpc) is 3.34. The third-order valence-corrected chi connectivity index (χ3v) is 7.90. The van der Waals surface area contributed by atoms with Crippen LogP contribution in [0.5, 0.6) is 0 Å². The molecule has 42 heavy (non-hydrogen) atoms. The maximum atomic E-state index is 13.2. The smallest absolute Gasteiger partial charge is 0.410 e. The molecule has 1 aliphatic rings. The number of fused-ring (bicyclic) bond motifs is 2. The molecule has 1 aromatic heterocycles. The van der Waals surface area contributed by atoms with Crippen LogP contribution in [-0.2, 0) is 16.0 Å². The van der Waals surface area contributed by atoms with Crippen LogP contribution in [0.4, 0.5) is 4.79 Å². The quantitative estimate of drug-likeness (QED) is 0.238. The fourth-order valence-electron chi connectivity index (χ4n) is 5.90. The highest BCUT2D eigenvalue weighted by Gasteiger charge is 2.29. The average molecular weight is 567 g/mol. The minimum atomic E-state index is -0.536. The molecule has 5 rings (SSSR count). The largest absolute Gasteiger partial charge is 0.465 e. The molecule has 4 aromatic rings. The van der Waals surface area contributed by atoms with Gasteiger partial charge < -0.3 is 18.9 Å². The van der Waals surface area contributed by atoms with Crippen LogP contribution < -0.4 is 0 Å². The molecular formula is C34H38N4O4. The van der Waals surface area contributed by atoms with Crippen LogP contribution in [-0.4, -0.2) is 52.3 Å². The fourth-order valence-corrected chi connectivity index (χ4v) is 5.90. The molecule has 0 unspecified atom stereocenters. The zero-order valence-electron chi connectivity index (χ0n) is 25.2. The topological polar surface area (TPSA) is 97.4 Å². The van der Waals surface area contributed by atoms with Gasteiger partial charge in [0.2, 0.25) is 0 Å². The van der Waals surface area contributed by atoms with Crippen LogP contribution in [0.1, 0.15) is 92.2 Å². The molecule has 0 atom stereocenters. The summed E-state index contributed by atoms with van der Waals surface area (Å²) in [4.78, 5) is 32.7. The van der Waals surface area contributed by atoms with Crippen molar-refractivity contribution >= 4 is 33.9 Å². The van der Waals surface area contributed by atoms with E-state index < -0.39 is 11.6 Å². The third-order valence-electron chi connectivity index (χ3n) is 7.90. The molecule has 1 amide bonds. The van der Waals surface area contributed by atoms with Crippen LogP contribution >= 0.6 is 0 Å². The highest BCUT2D eigenvalue weighted by molar-refractivity contribution is 6.03. The van der Waals surface area contributed by atoms with Gasteiger partial charge in [0, 0.05) is 25.6 Å². The van der Waals surface area contributed by atoms with Crippen LogP contribution in [0.2, 0.25) is 0 Å². The van der Waals surface area contributed by atoms with E-state index in [1.165, 1.54) is 7.11 Å². The van der Waals surface area contributed by atoms with E-state index >= 15 is 0 Å². The summed E-state index contributed by atoms with van der Waals surface area (Å²) in [6.07, 6.45) is 1.24. The standard InChI is InChI=1S/C34H38N4O4/c1-21(2)31-36-29-18-25(22-13-15-37(16-14-22)33(40)42-34(3,4)5)17-28(32(39)41-6)30(29)38(31)20-24-12-11-23(19-35)26-9-7-8-10-27(24)26/h7-12,17-18,21-22H,13-16,20H2,1-6H3. The number of nitrogens with zero attached hydrogens (tertiary/aromatic N) is 4. The predicted octanol–water partition coefficient (Wildman–Crippen LogP) is 7.13. The van der Waals surface area contributed by atoms with Crippen LogP contribution in [0.25, 0.3) is 21.8 Å². The maximum Gasteiger partial charge on any atom is 0.410 e. The number of benzene rings is 3. The lowest BCUT2D eigenvalue weighted by Crippen LogP contribution is -2.41. The molecule has 1 aliphatic heterocycles. The molecule has 0 N–H and O–H groups in total. The first-order chi connectivity index (χ1) is 20.0. The number of methoxy groups -OCH3 is 1. The SMILES string of the molecule is COC(=O)c1cc(C2CCN(C(=O)OC(C)(C)C)CC2)cc2nc(C(C)C)n(Cc3ccc(C#N)c4ccccc34)c12. The molecule has 0 saturated carbocycles. The summed E-state index contributed by atoms with van der Waals surface area (Å²) >= 11 is 0. The molecule has 1 fully saturated rings. The van der Waals surface area contributed by atoms with Crippen LogP contribution in [0, 0.1) is 11.3 Å². The number of amides is 1. The van der Waals surface area contributed by atoms with Crippen molar-refractivity contribution in [2.45, 2.75) is 71.4 Å². The molecule has 2 heterocycles. The van der Waals surface area contributed by atoms with Crippen LogP contribution in [0.3, 0.4) is 0 Å². The van der Waals surface area contributed by atoms with Gasteiger partial charge in [-0.1, -0.05) is 44.2 Å². The van der Waals surface area contributed by atoms with Gasteiger partial charge >= 0.3 is 12.1 Å². The second-order valence-electron chi connectivity index (χ2n) is 12.3. The van der Waals surface area contributed by atoms with Crippen LogP contribution in [0.15, 0.2) is 48.5 Å². The Labute approximate surface area is 246 Å². The number of hydrogen-bond donors (Lipinski definition) is 0. The number of piperidine rings is 1. The predicted molar refractivity (Wildman–Crippen MR) is 163 cm³/mol. The number of carbonyl (C=O) groups is 2. The summed E-state index contributed by atoms with van der Waals surface area (Å²) in [5.41, 5.74) is 4.14. The van der Waals surface area contributed by atoms with Gasteiger partial charge in [-0.25, -0.2) is 14.6 Å². The number of nitriles is 1. The van der Waals surface area contributed by atoms with E-state index in [9.17, 15) is 14.9 Å². The van der Waals surface area contributed by atoms with Crippen molar-refractivity contribution in [3.8, 4) is 6.07 Å². The van der Waals surface area contributed by atoms with Gasteiger partial charge in [0.1, 0.15) is 11.4 Å². The first kappa shape index (κ1) is 29.1. The Bertz CT molecular complexity index is 1700. The van der Waals surface area contributed by atoms with Gasteiger partial charge in [0.25, 0.3) is 0 Å². The number of likely N-dealkylation sites (tertiary alicyclic amines) is 1. The molecule has 0 aliphatic carbocycles. The number of imidazole rings is 1. The molecule has 0 bridgehead atoms. The van der Waals surface area contributed by atoms with Crippen molar-refractivity contribution in [2.75, 3.05) is 20.2 Å². The Kier molecular flexibility index (Phi) is 7.96. The number of aromatic nitrogens is 2. The Morgan fingerprint density at radius 1 is 1.07 bits per heavy atom. The summed E-state index contributed by atoms with van der Waals surface area (Å²) in [5, 5.41) is 11.5. The lowest BCUT2D eigenvalue weighted by molar-refractivity contribution is 0.0204. The second-order valence-corrected chi connectivity index (χ2v) is 12.3. The van der Waals surface area contributed by atoms with Gasteiger partial charge in [-0.3, -0.25) is 0 Å². The monoisotopic (exact) mass is 566 g/mol. The maximum absolute atomic E-state index is 13.2. The zero-order chi connectivity index (χ0) is 30.2. The summed E-state index contributed by atoms with van der Waals surface area (Å²) in [6, 6.07) is 18.1. The Balaban J connectivity index is 1.55. The van der Waals surface area contributed by atoms with E-state index in [-0.39, 0.29) is 17.9 Å². The van der Waals surface area contributed by atoms with Gasteiger partial charge in [-0.2, -0.15) is 5.26 Å². The molecule has 3 aromatic carbocycles. The fraction of sp³-hybridized carbons (Fsp3) is 0.412. The second kappa shape index (κ2) is 11.5. The molecule has 0 spiro atoms. The summed E-state index contributed by atoms with van der Waals surface area (Å²) in [7, 11) is 1.40. The highest BCUT2D eigenvalue weighted by Crippen LogP contribution is 2.35. The summed E-state index contributed by atoms with van der Waals surface area (Å²) in [6.45, 7) is 11.5. The number of hydrogen-bond acceptors (Lipinski definition) is 6. The van der Waals surface area contributed by atoms with Gasteiger partial charge in [0.15, 0.2) is 0 Å². The lowest BCUT2D eigenvalue weighted by Gasteiger charge is -2.33. The first-order valence-corrected chi connectivity index (χ1v) is 14.5. The normalized spacial score (nSPS) is 14.4.